The molecule has 4 rings (SSSR count). The second-order valence-electron chi connectivity index (χ2n) is 6.70. The number of anilines is 1. The second kappa shape index (κ2) is 6.28. The number of benzene rings is 2. The van der Waals surface area contributed by atoms with E-state index >= 15 is 0 Å². The Bertz CT molecular complexity index is 868. The number of para-hydroxylation sites is 1. The Morgan fingerprint density at radius 3 is 2.16 bits per heavy atom. The first-order chi connectivity index (χ1) is 12.0. The zero-order chi connectivity index (χ0) is 17.4. The van der Waals surface area contributed by atoms with Crippen molar-refractivity contribution in [2.75, 3.05) is 23.0 Å². The zero-order valence-electron chi connectivity index (χ0n) is 13.8. The van der Waals surface area contributed by atoms with Crippen LogP contribution in [0.2, 0.25) is 0 Å². The van der Waals surface area contributed by atoms with Crippen LogP contribution in [0.5, 0.6) is 0 Å². The van der Waals surface area contributed by atoms with Crippen LogP contribution >= 0.6 is 0 Å². The van der Waals surface area contributed by atoms with Crippen LogP contribution in [0.3, 0.4) is 0 Å². The molecule has 25 heavy (non-hydrogen) atoms. The maximum absolute atomic E-state index is 12.8. The van der Waals surface area contributed by atoms with Crippen LogP contribution in [-0.4, -0.2) is 49.4 Å². The first kappa shape index (κ1) is 16.3. The molecule has 2 aromatic carbocycles. The molecule has 2 unspecified atom stereocenters. The third kappa shape index (κ3) is 3.19. The summed E-state index contributed by atoms with van der Waals surface area (Å²) in [5, 5.41) is 0. The third-order valence-corrected chi connectivity index (χ3v) is 6.66. The van der Waals surface area contributed by atoms with E-state index in [-0.39, 0.29) is 36.0 Å². The summed E-state index contributed by atoms with van der Waals surface area (Å²) >= 11 is 0. The van der Waals surface area contributed by atoms with Gasteiger partial charge >= 0.3 is 0 Å². The minimum absolute atomic E-state index is 0.0313. The number of hydrogen-bond donors (Lipinski definition) is 0. The molecule has 2 saturated heterocycles. The van der Waals surface area contributed by atoms with Crippen molar-refractivity contribution in [3.8, 4) is 0 Å². The molecule has 0 aromatic heterocycles. The van der Waals surface area contributed by atoms with Gasteiger partial charge < -0.3 is 4.90 Å². The number of amides is 1. The first-order valence-corrected chi connectivity index (χ1v) is 10.2. The topological polar surface area (TPSA) is 57.7 Å². The number of carbonyl (C=O) groups is 1. The Hall–Kier alpha value is -2.18. The van der Waals surface area contributed by atoms with Crippen LogP contribution in [0, 0.1) is 0 Å². The largest absolute Gasteiger partial charge is 0.306 e. The molecular weight excluding hydrogens is 336 g/mol. The van der Waals surface area contributed by atoms with Gasteiger partial charge in [-0.2, -0.15) is 0 Å². The van der Waals surface area contributed by atoms with Crippen molar-refractivity contribution < 1.29 is 13.2 Å². The SMILES string of the molecule is O=C1CN(Cc2ccccc2)C2CS(=O)(=O)CC2N1c1ccccc1. The fourth-order valence-electron chi connectivity index (χ4n) is 3.87. The quantitative estimate of drug-likeness (QED) is 0.840. The van der Waals surface area contributed by atoms with Crippen molar-refractivity contribution in [2.45, 2.75) is 18.6 Å². The molecule has 2 fully saturated rings. The number of rotatable bonds is 3. The van der Waals surface area contributed by atoms with Gasteiger partial charge in [0.15, 0.2) is 9.84 Å². The number of carbonyl (C=O) groups excluding carboxylic acids is 1. The van der Waals surface area contributed by atoms with Gasteiger partial charge in [-0.05, 0) is 17.7 Å². The van der Waals surface area contributed by atoms with Crippen LogP contribution in [0.25, 0.3) is 0 Å². The summed E-state index contributed by atoms with van der Waals surface area (Å²) in [6, 6.07) is 18.8. The highest BCUT2D eigenvalue weighted by Crippen LogP contribution is 2.32. The van der Waals surface area contributed by atoms with Crippen molar-refractivity contribution in [1.29, 1.82) is 0 Å². The second-order valence-corrected chi connectivity index (χ2v) is 8.86. The lowest BCUT2D eigenvalue weighted by Crippen LogP contribution is -2.61. The molecule has 2 atom stereocenters. The van der Waals surface area contributed by atoms with Crippen molar-refractivity contribution in [3.05, 3.63) is 66.2 Å². The number of nitrogens with zero attached hydrogens (tertiary/aromatic N) is 2. The molecule has 2 heterocycles. The highest BCUT2D eigenvalue weighted by molar-refractivity contribution is 7.91. The van der Waals surface area contributed by atoms with Crippen molar-refractivity contribution in [3.63, 3.8) is 0 Å². The highest BCUT2D eigenvalue weighted by atomic mass is 32.2. The molecule has 6 heteroatoms. The lowest BCUT2D eigenvalue weighted by Gasteiger charge is -2.43. The summed E-state index contributed by atoms with van der Waals surface area (Å²) in [6.07, 6.45) is 0. The number of hydrogen-bond acceptors (Lipinski definition) is 4. The Morgan fingerprint density at radius 2 is 1.48 bits per heavy atom. The fourth-order valence-corrected chi connectivity index (χ4v) is 5.85. The predicted molar refractivity (Wildman–Crippen MR) is 97.0 cm³/mol. The number of piperazine rings is 1. The van der Waals surface area contributed by atoms with E-state index in [0.717, 1.165) is 11.3 Å². The summed E-state index contributed by atoms with van der Waals surface area (Å²) in [4.78, 5) is 16.5. The van der Waals surface area contributed by atoms with Crippen molar-refractivity contribution in [2.24, 2.45) is 0 Å². The molecule has 0 N–H and O–H groups in total. The van der Waals surface area contributed by atoms with E-state index in [2.05, 4.69) is 0 Å². The Balaban J connectivity index is 1.67. The van der Waals surface area contributed by atoms with Gasteiger partial charge in [0, 0.05) is 18.3 Å². The fraction of sp³-hybridized carbons (Fsp3) is 0.316. The summed E-state index contributed by atoms with van der Waals surface area (Å²) in [5.74, 6) is 0.102. The summed E-state index contributed by atoms with van der Waals surface area (Å²) < 4.78 is 24.6. The molecule has 0 bridgehead atoms. The summed E-state index contributed by atoms with van der Waals surface area (Å²) in [5.41, 5.74) is 1.87. The smallest absolute Gasteiger partial charge is 0.241 e. The van der Waals surface area contributed by atoms with Crippen LogP contribution in [0.15, 0.2) is 60.7 Å². The van der Waals surface area contributed by atoms with Crippen LogP contribution in [0.4, 0.5) is 5.69 Å². The maximum Gasteiger partial charge on any atom is 0.241 e. The van der Waals surface area contributed by atoms with Gasteiger partial charge in [-0.15, -0.1) is 0 Å². The van der Waals surface area contributed by atoms with Gasteiger partial charge in [-0.3, -0.25) is 9.69 Å². The van der Waals surface area contributed by atoms with Gasteiger partial charge in [0.2, 0.25) is 5.91 Å². The Kier molecular flexibility index (Phi) is 4.09. The lowest BCUT2D eigenvalue weighted by atomic mass is 10.0. The third-order valence-electron chi connectivity index (χ3n) is 4.96. The Morgan fingerprint density at radius 1 is 0.880 bits per heavy atom. The molecule has 1 amide bonds. The number of sulfone groups is 1. The van der Waals surface area contributed by atoms with E-state index in [1.54, 1.807) is 4.90 Å². The standard InChI is InChI=1S/C19H20N2O3S/c22-19-12-20(11-15-7-3-1-4-8-15)17-13-25(23,24)14-18(17)21(19)16-9-5-2-6-10-16/h1-10,17-18H,11-14H2. The van der Waals surface area contributed by atoms with E-state index in [9.17, 15) is 13.2 Å². The van der Waals surface area contributed by atoms with Gasteiger partial charge in [-0.1, -0.05) is 48.5 Å². The van der Waals surface area contributed by atoms with Crippen molar-refractivity contribution in [1.82, 2.24) is 4.90 Å². The van der Waals surface area contributed by atoms with E-state index in [1.807, 2.05) is 65.6 Å². The lowest BCUT2D eigenvalue weighted by molar-refractivity contribution is -0.123. The van der Waals surface area contributed by atoms with Crippen LogP contribution in [0.1, 0.15) is 5.56 Å². The average molecular weight is 356 g/mol. The van der Waals surface area contributed by atoms with Gasteiger partial charge in [0.25, 0.3) is 0 Å². The van der Waals surface area contributed by atoms with E-state index in [0.29, 0.717) is 6.54 Å². The number of fused-ring (bicyclic) bond motifs is 1. The molecule has 5 nitrogen and oxygen atoms in total. The molecule has 2 aliphatic rings. The van der Waals surface area contributed by atoms with Crippen LogP contribution < -0.4 is 4.90 Å². The average Bonchev–Trinajstić information content (AvgIpc) is 2.92. The van der Waals surface area contributed by atoms with E-state index < -0.39 is 9.84 Å². The maximum atomic E-state index is 12.8. The minimum Gasteiger partial charge on any atom is -0.306 e. The molecule has 130 valence electrons. The van der Waals surface area contributed by atoms with E-state index in [1.165, 1.54) is 0 Å². The minimum atomic E-state index is -3.15. The molecule has 0 aliphatic carbocycles. The van der Waals surface area contributed by atoms with Gasteiger partial charge in [0.1, 0.15) is 0 Å². The zero-order valence-corrected chi connectivity index (χ0v) is 14.6. The highest BCUT2D eigenvalue weighted by Gasteiger charge is 2.49. The van der Waals surface area contributed by atoms with E-state index in [4.69, 9.17) is 0 Å². The monoisotopic (exact) mass is 356 g/mol. The molecule has 0 spiro atoms. The summed E-state index contributed by atoms with van der Waals surface area (Å²) in [7, 11) is -3.15. The molecule has 0 saturated carbocycles. The van der Waals surface area contributed by atoms with Gasteiger partial charge in [0.05, 0.1) is 24.1 Å². The van der Waals surface area contributed by atoms with Crippen molar-refractivity contribution >= 4 is 21.4 Å². The van der Waals surface area contributed by atoms with Gasteiger partial charge in [-0.25, -0.2) is 8.42 Å². The molecular formula is C19H20N2O3S. The first-order valence-electron chi connectivity index (χ1n) is 8.39. The Labute approximate surface area is 147 Å². The predicted octanol–water partition coefficient (Wildman–Crippen LogP) is 1.70. The molecule has 2 aromatic rings. The normalized spacial score (nSPS) is 25.8. The summed E-state index contributed by atoms with van der Waals surface area (Å²) in [6.45, 7) is 0.826. The molecule has 2 aliphatic heterocycles. The van der Waals surface area contributed by atoms with Crippen LogP contribution in [-0.2, 0) is 21.2 Å². The molecule has 0 radical (unpaired) electrons.